The molecule has 0 fully saturated rings. The summed E-state index contributed by atoms with van der Waals surface area (Å²) in [6.07, 6.45) is 2.48. The number of hydrogen-bond donors (Lipinski definition) is 3. The zero-order valence-electron chi connectivity index (χ0n) is 12.3. The van der Waals surface area contributed by atoms with Crippen LogP contribution >= 0.6 is 0 Å². The first-order valence-electron chi connectivity index (χ1n) is 6.36. The van der Waals surface area contributed by atoms with E-state index in [-0.39, 0.29) is 6.54 Å². The molecular formula is C14H20N2O4S. The number of benzene rings is 1. The standard InChI is InChI=1S/C14H20N2O4S/c1-14(2,3)16-21(19,20)15-10-12-6-4-5-11(9-12)7-8-13(17)18/h4-9,15-16H,10H2,1-3H3,(H,17,18)/b8-7+. The van der Waals surface area contributed by atoms with Crippen molar-refractivity contribution in [3.05, 3.63) is 41.5 Å². The molecule has 0 bridgehead atoms. The van der Waals surface area contributed by atoms with Gasteiger partial charge in [0.25, 0.3) is 10.2 Å². The van der Waals surface area contributed by atoms with Gasteiger partial charge in [0.2, 0.25) is 0 Å². The summed E-state index contributed by atoms with van der Waals surface area (Å²) in [6, 6.07) is 6.96. The first-order valence-corrected chi connectivity index (χ1v) is 7.84. The van der Waals surface area contributed by atoms with Crippen LogP contribution in [0.15, 0.2) is 30.3 Å². The van der Waals surface area contributed by atoms with Crippen molar-refractivity contribution in [2.45, 2.75) is 32.9 Å². The third-order valence-electron chi connectivity index (χ3n) is 2.28. The van der Waals surface area contributed by atoms with Gasteiger partial charge in [0.1, 0.15) is 0 Å². The van der Waals surface area contributed by atoms with E-state index < -0.39 is 21.7 Å². The summed E-state index contributed by atoms with van der Waals surface area (Å²) < 4.78 is 28.5. The molecule has 6 nitrogen and oxygen atoms in total. The molecule has 0 aliphatic rings. The Balaban J connectivity index is 2.72. The molecule has 0 saturated carbocycles. The van der Waals surface area contributed by atoms with Gasteiger partial charge in [-0.05, 0) is 38.0 Å². The minimum absolute atomic E-state index is 0.125. The van der Waals surface area contributed by atoms with Crippen LogP contribution in [0.3, 0.4) is 0 Å². The van der Waals surface area contributed by atoms with Crippen LogP contribution in [0.5, 0.6) is 0 Å². The Morgan fingerprint density at radius 1 is 1.33 bits per heavy atom. The number of carboxylic acid groups (broad SMARTS) is 1. The summed E-state index contributed by atoms with van der Waals surface area (Å²) in [5.74, 6) is -1.03. The Hall–Kier alpha value is -1.70. The highest BCUT2D eigenvalue weighted by Gasteiger charge is 2.19. The summed E-state index contributed by atoms with van der Waals surface area (Å²) in [5.41, 5.74) is 0.873. The SMILES string of the molecule is CC(C)(C)NS(=O)(=O)NCc1cccc(/C=C/C(=O)O)c1. The van der Waals surface area contributed by atoms with Gasteiger partial charge in [0.15, 0.2) is 0 Å². The predicted molar refractivity (Wildman–Crippen MR) is 81.8 cm³/mol. The van der Waals surface area contributed by atoms with Crippen LogP contribution in [-0.2, 0) is 21.5 Å². The molecule has 1 aromatic carbocycles. The first-order chi connectivity index (χ1) is 9.57. The fourth-order valence-corrected chi connectivity index (χ4v) is 2.83. The highest BCUT2D eigenvalue weighted by atomic mass is 32.2. The molecule has 0 saturated heterocycles. The molecule has 21 heavy (non-hydrogen) atoms. The lowest BCUT2D eigenvalue weighted by molar-refractivity contribution is -0.131. The normalized spacial score (nSPS) is 12.7. The lowest BCUT2D eigenvalue weighted by Crippen LogP contribution is -2.46. The summed E-state index contributed by atoms with van der Waals surface area (Å²) in [5, 5.41) is 8.58. The maximum absolute atomic E-state index is 11.8. The zero-order chi connectivity index (χ0) is 16.1. The molecule has 7 heteroatoms. The number of nitrogens with one attached hydrogen (secondary N) is 2. The molecule has 0 aromatic heterocycles. The average molecular weight is 312 g/mol. The van der Waals surface area contributed by atoms with Gasteiger partial charge in [-0.15, -0.1) is 0 Å². The first kappa shape index (κ1) is 17.4. The van der Waals surface area contributed by atoms with Crippen molar-refractivity contribution in [1.29, 1.82) is 0 Å². The van der Waals surface area contributed by atoms with Crippen LogP contribution in [0.2, 0.25) is 0 Å². The Morgan fingerprint density at radius 2 is 2.00 bits per heavy atom. The summed E-state index contributed by atoms with van der Waals surface area (Å²) in [6.45, 7) is 5.39. The van der Waals surface area contributed by atoms with E-state index in [4.69, 9.17) is 5.11 Å². The second-order valence-corrected chi connectivity index (χ2v) is 7.09. The zero-order valence-corrected chi connectivity index (χ0v) is 13.1. The molecule has 0 radical (unpaired) electrons. The number of carboxylic acids is 1. The Bertz CT molecular complexity index is 631. The van der Waals surface area contributed by atoms with Gasteiger partial charge in [0, 0.05) is 18.2 Å². The number of aliphatic carboxylic acids is 1. The van der Waals surface area contributed by atoms with Crippen molar-refractivity contribution in [2.75, 3.05) is 0 Å². The lowest BCUT2D eigenvalue weighted by atomic mass is 10.1. The van der Waals surface area contributed by atoms with E-state index in [2.05, 4.69) is 9.44 Å². The van der Waals surface area contributed by atoms with E-state index in [1.54, 1.807) is 45.0 Å². The lowest BCUT2D eigenvalue weighted by Gasteiger charge is -2.20. The highest BCUT2D eigenvalue weighted by Crippen LogP contribution is 2.08. The van der Waals surface area contributed by atoms with Crippen molar-refractivity contribution >= 4 is 22.3 Å². The van der Waals surface area contributed by atoms with E-state index >= 15 is 0 Å². The molecule has 0 atom stereocenters. The third-order valence-corrected chi connectivity index (χ3v) is 3.68. The fraction of sp³-hybridized carbons (Fsp3) is 0.357. The monoisotopic (exact) mass is 312 g/mol. The van der Waals surface area contributed by atoms with Gasteiger partial charge < -0.3 is 5.11 Å². The van der Waals surface area contributed by atoms with Crippen molar-refractivity contribution in [3.63, 3.8) is 0 Å². The van der Waals surface area contributed by atoms with Crippen LogP contribution in [-0.4, -0.2) is 25.0 Å². The summed E-state index contributed by atoms with van der Waals surface area (Å²) in [7, 11) is -3.59. The topological polar surface area (TPSA) is 95.5 Å². The van der Waals surface area contributed by atoms with Crippen molar-refractivity contribution < 1.29 is 18.3 Å². The molecule has 3 N–H and O–H groups in total. The predicted octanol–water partition coefficient (Wildman–Crippen LogP) is 1.51. The minimum atomic E-state index is -3.59. The van der Waals surface area contributed by atoms with Gasteiger partial charge in [-0.2, -0.15) is 17.9 Å². The van der Waals surface area contributed by atoms with Gasteiger partial charge in [0.05, 0.1) is 0 Å². The van der Waals surface area contributed by atoms with Crippen LogP contribution in [0, 0.1) is 0 Å². The van der Waals surface area contributed by atoms with Gasteiger partial charge >= 0.3 is 5.97 Å². The fourth-order valence-electron chi connectivity index (χ4n) is 1.59. The molecule has 0 unspecified atom stereocenters. The van der Waals surface area contributed by atoms with Crippen LogP contribution in [0.4, 0.5) is 0 Å². The maximum atomic E-state index is 11.8. The van der Waals surface area contributed by atoms with Crippen molar-refractivity contribution in [3.8, 4) is 0 Å². The van der Waals surface area contributed by atoms with Crippen LogP contribution < -0.4 is 9.44 Å². The quantitative estimate of drug-likeness (QED) is 0.694. The largest absolute Gasteiger partial charge is 0.478 e. The second-order valence-electron chi connectivity index (χ2n) is 5.59. The van der Waals surface area contributed by atoms with Gasteiger partial charge in [-0.25, -0.2) is 4.79 Å². The average Bonchev–Trinajstić information content (AvgIpc) is 2.32. The molecule has 0 heterocycles. The third kappa shape index (κ3) is 7.60. The Morgan fingerprint density at radius 3 is 2.57 bits per heavy atom. The van der Waals surface area contributed by atoms with Crippen molar-refractivity contribution in [1.82, 2.24) is 9.44 Å². The molecule has 0 aliphatic heterocycles. The van der Waals surface area contributed by atoms with Crippen molar-refractivity contribution in [2.24, 2.45) is 0 Å². The minimum Gasteiger partial charge on any atom is -0.478 e. The smallest absolute Gasteiger partial charge is 0.328 e. The van der Waals surface area contributed by atoms with Crippen LogP contribution in [0.1, 0.15) is 31.9 Å². The highest BCUT2D eigenvalue weighted by molar-refractivity contribution is 7.87. The van der Waals surface area contributed by atoms with E-state index in [0.717, 1.165) is 11.6 Å². The summed E-state index contributed by atoms with van der Waals surface area (Å²) >= 11 is 0. The van der Waals surface area contributed by atoms with E-state index in [0.29, 0.717) is 5.56 Å². The van der Waals surface area contributed by atoms with Gasteiger partial charge in [-0.1, -0.05) is 24.3 Å². The molecule has 1 aromatic rings. The molecular weight excluding hydrogens is 292 g/mol. The second kappa shape index (κ2) is 6.84. The molecule has 0 spiro atoms. The van der Waals surface area contributed by atoms with E-state index in [1.807, 2.05) is 0 Å². The molecule has 0 aliphatic carbocycles. The van der Waals surface area contributed by atoms with Gasteiger partial charge in [-0.3, -0.25) is 0 Å². The Kier molecular flexibility index (Phi) is 5.65. The summed E-state index contributed by atoms with van der Waals surface area (Å²) in [4.78, 5) is 10.5. The molecule has 1 rings (SSSR count). The van der Waals surface area contributed by atoms with Crippen LogP contribution in [0.25, 0.3) is 6.08 Å². The maximum Gasteiger partial charge on any atom is 0.328 e. The van der Waals surface area contributed by atoms with E-state index in [9.17, 15) is 13.2 Å². The Labute approximate surface area is 125 Å². The molecule has 0 amide bonds. The number of carbonyl (C=O) groups is 1. The number of rotatable bonds is 6. The van der Waals surface area contributed by atoms with E-state index in [1.165, 1.54) is 6.08 Å². The molecule has 116 valence electrons. The number of hydrogen-bond acceptors (Lipinski definition) is 3.